The van der Waals surface area contributed by atoms with Gasteiger partial charge in [-0.3, -0.25) is 4.79 Å². The van der Waals surface area contributed by atoms with Gasteiger partial charge in [0.1, 0.15) is 0 Å². The molecule has 2 aromatic rings. The van der Waals surface area contributed by atoms with E-state index in [2.05, 4.69) is 28.9 Å². The van der Waals surface area contributed by atoms with Crippen LogP contribution in [0.4, 0.5) is 0 Å². The van der Waals surface area contributed by atoms with Crippen molar-refractivity contribution < 1.29 is 4.79 Å². The average molecular weight is 335 g/mol. The van der Waals surface area contributed by atoms with Crippen LogP contribution in [0.1, 0.15) is 22.8 Å². The Bertz CT molecular complexity index is 563. The number of Topliss-reactive ketones (excluding diaryl/α,β-unsaturated/α-hetero) is 1. The Balaban J connectivity index is 1.99. The molecule has 0 unspecified atom stereocenters. The largest absolute Gasteiger partial charge is 0.293 e. The van der Waals surface area contributed by atoms with Crippen LogP contribution in [0.3, 0.4) is 0 Å². The molecule has 0 atom stereocenters. The topological polar surface area (TPSA) is 17.1 Å². The van der Waals surface area contributed by atoms with Crippen molar-refractivity contribution in [2.45, 2.75) is 18.2 Å². The Morgan fingerprint density at radius 1 is 1.16 bits per heavy atom. The number of carbonyl (C=O) groups is 1. The van der Waals surface area contributed by atoms with Crippen LogP contribution < -0.4 is 0 Å². The van der Waals surface area contributed by atoms with E-state index >= 15 is 0 Å². The van der Waals surface area contributed by atoms with Gasteiger partial charge in [0, 0.05) is 14.9 Å². The number of hydrogen-bond donors (Lipinski definition) is 0. The summed E-state index contributed by atoms with van der Waals surface area (Å²) in [6.07, 6.45) is 0.959. The molecule has 3 heteroatoms. The summed E-state index contributed by atoms with van der Waals surface area (Å²) in [5, 5.41) is 0. The van der Waals surface area contributed by atoms with Crippen molar-refractivity contribution in [2.75, 3.05) is 5.75 Å². The Labute approximate surface area is 126 Å². The summed E-state index contributed by atoms with van der Waals surface area (Å²) >= 11 is 4.98. The molecule has 2 aromatic carbocycles. The van der Waals surface area contributed by atoms with E-state index in [1.54, 1.807) is 11.8 Å². The van der Waals surface area contributed by atoms with Crippen molar-refractivity contribution in [3.63, 3.8) is 0 Å². The number of benzene rings is 2. The van der Waals surface area contributed by atoms with Crippen LogP contribution >= 0.6 is 27.7 Å². The highest BCUT2D eigenvalue weighted by atomic mass is 79.9. The third-order valence-corrected chi connectivity index (χ3v) is 4.38. The molecule has 0 aliphatic carbocycles. The number of halogens is 1. The average Bonchev–Trinajstić information content (AvgIpc) is 2.46. The first-order valence-corrected chi connectivity index (χ1v) is 7.97. The molecule has 0 amide bonds. The molecule has 0 spiro atoms. The second-order valence-electron chi connectivity index (χ2n) is 4.22. The van der Waals surface area contributed by atoms with E-state index in [-0.39, 0.29) is 5.78 Å². The maximum Gasteiger partial charge on any atom is 0.173 e. The van der Waals surface area contributed by atoms with Crippen LogP contribution in [0.25, 0.3) is 0 Å². The minimum Gasteiger partial charge on any atom is -0.293 e. The minimum atomic E-state index is 0.184. The molecule has 98 valence electrons. The molecule has 0 bridgehead atoms. The van der Waals surface area contributed by atoms with Gasteiger partial charge in [0.05, 0.1) is 5.75 Å². The normalized spacial score (nSPS) is 10.4. The molecule has 0 aliphatic rings. The van der Waals surface area contributed by atoms with Crippen molar-refractivity contribution >= 4 is 33.5 Å². The van der Waals surface area contributed by atoms with Gasteiger partial charge < -0.3 is 0 Å². The fraction of sp³-hybridized carbons (Fsp3) is 0.188. The number of hydrogen-bond acceptors (Lipinski definition) is 2. The van der Waals surface area contributed by atoms with Gasteiger partial charge in [0.15, 0.2) is 5.78 Å². The van der Waals surface area contributed by atoms with Gasteiger partial charge in [-0.05, 0) is 42.3 Å². The quantitative estimate of drug-likeness (QED) is 0.566. The number of aryl methyl sites for hydroxylation is 1. The van der Waals surface area contributed by atoms with Crippen LogP contribution in [0, 0.1) is 0 Å². The lowest BCUT2D eigenvalue weighted by molar-refractivity contribution is 0.102. The maximum absolute atomic E-state index is 12.1. The van der Waals surface area contributed by atoms with Gasteiger partial charge in [0.25, 0.3) is 0 Å². The molecule has 1 nitrogen and oxygen atoms in total. The monoisotopic (exact) mass is 334 g/mol. The fourth-order valence-corrected chi connectivity index (χ4v) is 2.79. The summed E-state index contributed by atoms with van der Waals surface area (Å²) in [4.78, 5) is 13.2. The highest BCUT2D eigenvalue weighted by molar-refractivity contribution is 9.10. The Hall–Kier alpha value is -1.06. The number of thioether (sulfide) groups is 1. The zero-order chi connectivity index (χ0) is 13.7. The predicted octanol–water partition coefficient (Wildman–Crippen LogP) is 4.99. The van der Waals surface area contributed by atoms with Crippen molar-refractivity contribution in [3.05, 3.63) is 64.1 Å². The molecule has 0 saturated carbocycles. The zero-order valence-electron chi connectivity index (χ0n) is 10.7. The van der Waals surface area contributed by atoms with E-state index in [0.717, 1.165) is 21.4 Å². The number of rotatable bonds is 5. The molecular weight excluding hydrogens is 320 g/mol. The Morgan fingerprint density at radius 3 is 2.58 bits per heavy atom. The van der Waals surface area contributed by atoms with Gasteiger partial charge >= 0.3 is 0 Å². The molecule has 0 saturated heterocycles. The molecule has 0 aromatic heterocycles. The van der Waals surface area contributed by atoms with Crippen molar-refractivity contribution in [1.29, 1.82) is 0 Å². The van der Waals surface area contributed by atoms with Gasteiger partial charge in [-0.15, -0.1) is 11.8 Å². The van der Waals surface area contributed by atoms with Crippen LogP contribution in [0.2, 0.25) is 0 Å². The lowest BCUT2D eigenvalue weighted by Gasteiger charge is -2.04. The highest BCUT2D eigenvalue weighted by Crippen LogP contribution is 2.21. The van der Waals surface area contributed by atoms with Crippen LogP contribution in [-0.2, 0) is 6.42 Å². The fourth-order valence-electron chi connectivity index (χ4n) is 1.73. The van der Waals surface area contributed by atoms with Gasteiger partial charge in [-0.25, -0.2) is 0 Å². The third kappa shape index (κ3) is 4.22. The first kappa shape index (κ1) is 14.4. The first-order valence-electron chi connectivity index (χ1n) is 6.19. The second kappa shape index (κ2) is 6.92. The third-order valence-electron chi connectivity index (χ3n) is 2.84. The van der Waals surface area contributed by atoms with Crippen LogP contribution in [-0.4, -0.2) is 11.5 Å². The molecular formula is C16H15BrOS. The summed E-state index contributed by atoms with van der Waals surface area (Å²) < 4.78 is 1.05. The summed E-state index contributed by atoms with van der Waals surface area (Å²) in [5.74, 6) is 0.664. The smallest absolute Gasteiger partial charge is 0.173 e. The Kier molecular flexibility index (Phi) is 5.23. The molecule has 0 aliphatic heterocycles. The number of carbonyl (C=O) groups excluding carboxylic acids is 1. The molecule has 0 heterocycles. The summed E-state index contributed by atoms with van der Waals surface area (Å²) in [6.45, 7) is 2.10. The molecule has 19 heavy (non-hydrogen) atoms. The van der Waals surface area contributed by atoms with Gasteiger partial charge in [-0.2, -0.15) is 0 Å². The van der Waals surface area contributed by atoms with Crippen molar-refractivity contribution in [1.82, 2.24) is 0 Å². The first-order chi connectivity index (χ1) is 9.19. The predicted molar refractivity (Wildman–Crippen MR) is 85.0 cm³/mol. The summed E-state index contributed by atoms with van der Waals surface area (Å²) in [5.41, 5.74) is 2.02. The number of ketones is 1. The van der Waals surface area contributed by atoms with Gasteiger partial charge in [0.2, 0.25) is 0 Å². The lowest BCUT2D eigenvalue weighted by atomic mass is 10.1. The van der Waals surface area contributed by atoms with E-state index in [0.29, 0.717) is 5.75 Å². The summed E-state index contributed by atoms with van der Waals surface area (Å²) in [7, 11) is 0. The highest BCUT2D eigenvalue weighted by Gasteiger charge is 2.07. The van der Waals surface area contributed by atoms with E-state index in [4.69, 9.17) is 0 Å². The lowest BCUT2D eigenvalue weighted by Crippen LogP contribution is -2.02. The second-order valence-corrected chi connectivity index (χ2v) is 6.18. The van der Waals surface area contributed by atoms with E-state index in [9.17, 15) is 4.79 Å². The Morgan fingerprint density at radius 2 is 1.89 bits per heavy atom. The van der Waals surface area contributed by atoms with Gasteiger partial charge in [-0.1, -0.05) is 41.1 Å². The van der Waals surface area contributed by atoms with E-state index in [1.807, 2.05) is 42.5 Å². The van der Waals surface area contributed by atoms with Crippen LogP contribution in [0.15, 0.2) is 57.9 Å². The van der Waals surface area contributed by atoms with E-state index < -0.39 is 0 Å². The molecule has 0 N–H and O–H groups in total. The SMILES string of the molecule is CCc1cccc(C(=O)CSc2ccc(Br)cc2)c1. The molecule has 0 radical (unpaired) electrons. The van der Waals surface area contributed by atoms with Crippen LogP contribution in [0.5, 0.6) is 0 Å². The molecule has 0 fully saturated rings. The van der Waals surface area contributed by atoms with E-state index in [1.165, 1.54) is 5.56 Å². The molecule has 2 rings (SSSR count). The maximum atomic E-state index is 12.1. The minimum absolute atomic E-state index is 0.184. The summed E-state index contributed by atoms with van der Waals surface area (Å²) in [6, 6.07) is 15.9. The standard InChI is InChI=1S/C16H15BrOS/c1-2-12-4-3-5-13(10-12)16(18)11-19-15-8-6-14(17)7-9-15/h3-10H,2,11H2,1H3. The zero-order valence-corrected chi connectivity index (χ0v) is 13.1. The van der Waals surface area contributed by atoms with Crippen molar-refractivity contribution in [3.8, 4) is 0 Å². The van der Waals surface area contributed by atoms with Crippen molar-refractivity contribution in [2.24, 2.45) is 0 Å².